The van der Waals surface area contributed by atoms with Crippen LogP contribution in [0.5, 0.6) is 0 Å². The number of carbonyl (C=O) groups excluding carboxylic acids is 1. The maximum atomic E-state index is 13.1. The Morgan fingerprint density at radius 1 is 1.09 bits per heavy atom. The minimum Gasteiger partial charge on any atom is -0.396 e. The molecule has 2 aliphatic heterocycles. The summed E-state index contributed by atoms with van der Waals surface area (Å²) in [5.41, 5.74) is 3.47. The van der Waals surface area contributed by atoms with Crippen LogP contribution < -0.4 is 0 Å². The molecular weight excluding hydrogens is 452 g/mol. The van der Waals surface area contributed by atoms with Crippen LogP contribution in [0.2, 0.25) is 0 Å². The highest BCUT2D eigenvalue weighted by molar-refractivity contribution is 7.89. The number of pyridine rings is 1. The molecule has 1 unspecified atom stereocenters. The second-order valence-electron chi connectivity index (χ2n) is 9.43. The van der Waals surface area contributed by atoms with Crippen LogP contribution in [0.4, 0.5) is 0 Å². The lowest BCUT2D eigenvalue weighted by Crippen LogP contribution is -2.37. The number of nitrogens with zero attached hydrogens (tertiary/aromatic N) is 4. The van der Waals surface area contributed by atoms with Gasteiger partial charge in [-0.3, -0.25) is 4.79 Å². The molecule has 34 heavy (non-hydrogen) atoms. The van der Waals surface area contributed by atoms with Crippen LogP contribution in [0.25, 0.3) is 5.52 Å². The molecule has 8 nitrogen and oxygen atoms in total. The second-order valence-corrected chi connectivity index (χ2v) is 11.4. The summed E-state index contributed by atoms with van der Waals surface area (Å²) in [6.45, 7) is 4.19. The minimum absolute atomic E-state index is 0.0536. The van der Waals surface area contributed by atoms with Crippen LogP contribution in [0.1, 0.15) is 46.7 Å². The quantitative estimate of drug-likeness (QED) is 0.603. The van der Waals surface area contributed by atoms with Gasteiger partial charge < -0.3 is 10.0 Å². The number of aliphatic hydroxyl groups is 1. The number of likely N-dealkylation sites (tertiary alicyclic amines) is 1. The number of amides is 1. The number of carbonyl (C=O) groups is 1. The highest BCUT2D eigenvalue weighted by Crippen LogP contribution is 2.32. The molecule has 2 fully saturated rings. The van der Waals surface area contributed by atoms with Gasteiger partial charge in [-0.1, -0.05) is 17.7 Å². The number of rotatable bonds is 5. The lowest BCUT2D eigenvalue weighted by atomic mass is 9.90. The Morgan fingerprint density at radius 3 is 2.50 bits per heavy atom. The number of sulfonamides is 1. The molecule has 1 amide bonds. The van der Waals surface area contributed by atoms with Gasteiger partial charge in [-0.25, -0.2) is 12.9 Å². The number of piperidine rings is 1. The predicted octanol–water partition coefficient (Wildman–Crippen LogP) is 2.67. The third-order valence-corrected chi connectivity index (χ3v) is 9.10. The van der Waals surface area contributed by atoms with Crippen molar-refractivity contribution in [3.8, 4) is 0 Å². The molecule has 1 N–H and O–H groups in total. The van der Waals surface area contributed by atoms with Crippen LogP contribution in [-0.4, -0.2) is 71.0 Å². The summed E-state index contributed by atoms with van der Waals surface area (Å²) in [6.07, 6.45) is 5.75. The number of hydrogen-bond acceptors (Lipinski definition) is 5. The zero-order valence-electron chi connectivity index (χ0n) is 19.3. The molecule has 0 spiro atoms. The average Bonchev–Trinajstić information content (AvgIpc) is 3.51. The van der Waals surface area contributed by atoms with Crippen molar-refractivity contribution in [1.82, 2.24) is 18.8 Å². The summed E-state index contributed by atoms with van der Waals surface area (Å²) in [4.78, 5) is 15.2. The van der Waals surface area contributed by atoms with Crippen LogP contribution in [0.15, 0.2) is 53.7 Å². The van der Waals surface area contributed by atoms with Crippen molar-refractivity contribution in [3.63, 3.8) is 0 Å². The minimum atomic E-state index is -3.49. The molecule has 180 valence electrons. The van der Waals surface area contributed by atoms with Crippen molar-refractivity contribution >= 4 is 21.4 Å². The molecule has 5 rings (SSSR count). The maximum absolute atomic E-state index is 13.1. The first-order valence-electron chi connectivity index (χ1n) is 11.8. The fraction of sp³-hybridized carbons (Fsp3) is 0.440. The molecule has 4 heterocycles. The van der Waals surface area contributed by atoms with Crippen molar-refractivity contribution in [1.29, 1.82) is 0 Å². The molecule has 3 aromatic rings. The third-order valence-electron chi connectivity index (χ3n) is 7.19. The molecule has 2 aliphatic rings. The summed E-state index contributed by atoms with van der Waals surface area (Å²) in [5, 5.41) is 13.8. The predicted molar refractivity (Wildman–Crippen MR) is 128 cm³/mol. The highest BCUT2D eigenvalue weighted by Gasteiger charge is 2.31. The van der Waals surface area contributed by atoms with Crippen LogP contribution in [-0.2, 0) is 10.0 Å². The van der Waals surface area contributed by atoms with E-state index in [0.717, 1.165) is 35.9 Å². The third kappa shape index (κ3) is 4.23. The van der Waals surface area contributed by atoms with Crippen molar-refractivity contribution in [2.75, 3.05) is 32.8 Å². The molecular formula is C25H30N4O4S. The van der Waals surface area contributed by atoms with Gasteiger partial charge in [-0.15, -0.1) is 0 Å². The standard InChI is InChI=1S/C25H30N4O4S/c1-18-2-4-22(5-3-18)34(32,33)28-11-7-20(8-12-28)21-9-13-29-24(14-21)23(15-26-29)25(31)27-10-6-19(16-27)17-30/h2-5,9,13-15,19-20,30H,6-8,10-12,16-17H2,1H3. The number of aryl methyl sites for hydroxylation is 1. The normalized spacial score (nSPS) is 20.3. The number of hydrogen-bond donors (Lipinski definition) is 1. The Bertz CT molecular complexity index is 1290. The van der Waals surface area contributed by atoms with Crippen LogP contribution in [0, 0.1) is 12.8 Å². The molecule has 9 heteroatoms. The highest BCUT2D eigenvalue weighted by atomic mass is 32.2. The van der Waals surface area contributed by atoms with Gasteiger partial charge >= 0.3 is 0 Å². The Balaban J connectivity index is 1.31. The molecule has 2 saturated heterocycles. The van der Waals surface area contributed by atoms with Gasteiger partial charge in [0, 0.05) is 44.9 Å². The van der Waals surface area contributed by atoms with Gasteiger partial charge in [0.2, 0.25) is 10.0 Å². The van der Waals surface area contributed by atoms with E-state index in [9.17, 15) is 18.3 Å². The van der Waals surface area contributed by atoms with E-state index < -0.39 is 10.0 Å². The van der Waals surface area contributed by atoms with Gasteiger partial charge in [0.05, 0.1) is 22.2 Å². The molecule has 1 atom stereocenters. The molecule has 0 aliphatic carbocycles. The van der Waals surface area contributed by atoms with E-state index >= 15 is 0 Å². The van der Waals surface area contributed by atoms with E-state index in [1.54, 1.807) is 32.1 Å². The molecule has 0 saturated carbocycles. The van der Waals surface area contributed by atoms with Gasteiger partial charge in [0.25, 0.3) is 5.91 Å². The maximum Gasteiger partial charge on any atom is 0.257 e. The zero-order valence-corrected chi connectivity index (χ0v) is 20.1. The Hall–Kier alpha value is -2.75. The van der Waals surface area contributed by atoms with E-state index in [2.05, 4.69) is 5.10 Å². The van der Waals surface area contributed by atoms with Gasteiger partial charge in [-0.05, 0) is 61.9 Å². The second kappa shape index (κ2) is 9.13. The summed E-state index contributed by atoms with van der Waals surface area (Å²) in [7, 11) is -3.49. The summed E-state index contributed by atoms with van der Waals surface area (Å²) in [5.74, 6) is 0.308. The van der Waals surface area contributed by atoms with Crippen LogP contribution in [0.3, 0.4) is 0 Å². The zero-order chi connectivity index (χ0) is 23.9. The van der Waals surface area contributed by atoms with Crippen LogP contribution >= 0.6 is 0 Å². The van der Waals surface area contributed by atoms with Crippen molar-refractivity contribution in [2.45, 2.75) is 37.0 Å². The monoisotopic (exact) mass is 482 g/mol. The van der Waals surface area contributed by atoms with Crippen molar-refractivity contribution in [2.24, 2.45) is 5.92 Å². The Kier molecular flexibility index (Phi) is 6.18. The van der Waals surface area contributed by atoms with E-state index in [-0.39, 0.29) is 24.3 Å². The van der Waals surface area contributed by atoms with E-state index in [4.69, 9.17) is 0 Å². The number of aliphatic hydroxyl groups excluding tert-OH is 1. The molecule has 2 aromatic heterocycles. The first kappa shape index (κ1) is 23.0. The average molecular weight is 483 g/mol. The number of benzene rings is 1. The van der Waals surface area contributed by atoms with Gasteiger partial charge in [0.1, 0.15) is 0 Å². The largest absolute Gasteiger partial charge is 0.396 e. The molecule has 0 bridgehead atoms. The lowest BCUT2D eigenvalue weighted by molar-refractivity contribution is 0.0783. The first-order chi connectivity index (χ1) is 16.4. The van der Waals surface area contributed by atoms with E-state index in [1.807, 2.05) is 37.4 Å². The van der Waals surface area contributed by atoms with Gasteiger partial charge in [-0.2, -0.15) is 9.40 Å². The van der Waals surface area contributed by atoms with Crippen molar-refractivity contribution in [3.05, 3.63) is 65.5 Å². The SMILES string of the molecule is Cc1ccc(S(=O)(=O)N2CCC(c3ccn4ncc(C(=O)N5CCC(CO)C5)c4c3)CC2)cc1. The number of aromatic nitrogens is 2. The van der Waals surface area contributed by atoms with E-state index in [1.165, 1.54) is 0 Å². The summed E-state index contributed by atoms with van der Waals surface area (Å²) >= 11 is 0. The molecule has 1 aromatic carbocycles. The topological polar surface area (TPSA) is 95.2 Å². The fourth-order valence-electron chi connectivity index (χ4n) is 5.04. The Morgan fingerprint density at radius 2 is 1.82 bits per heavy atom. The first-order valence-corrected chi connectivity index (χ1v) is 13.2. The van der Waals surface area contributed by atoms with Gasteiger partial charge in [0.15, 0.2) is 0 Å². The summed E-state index contributed by atoms with van der Waals surface area (Å²) < 4.78 is 29.3. The molecule has 0 radical (unpaired) electrons. The Labute approximate surface area is 199 Å². The van der Waals surface area contributed by atoms with Crippen molar-refractivity contribution < 1.29 is 18.3 Å². The van der Waals surface area contributed by atoms with E-state index in [0.29, 0.717) is 36.6 Å². The smallest absolute Gasteiger partial charge is 0.257 e. The fourth-order valence-corrected chi connectivity index (χ4v) is 6.51. The number of fused-ring (bicyclic) bond motifs is 1. The summed E-state index contributed by atoms with van der Waals surface area (Å²) in [6, 6.07) is 11.0. The lowest BCUT2D eigenvalue weighted by Gasteiger charge is -2.31.